The Morgan fingerprint density at radius 1 is 0.957 bits per heavy atom. The van der Waals surface area contributed by atoms with Crippen LogP contribution in [0.3, 0.4) is 0 Å². The summed E-state index contributed by atoms with van der Waals surface area (Å²) in [5, 5.41) is 0. The van der Waals surface area contributed by atoms with Crippen molar-refractivity contribution in [2.75, 3.05) is 30.3 Å². The van der Waals surface area contributed by atoms with Crippen LogP contribution >= 0.6 is 0 Å². The molecule has 2 aromatic carbocycles. The summed E-state index contributed by atoms with van der Waals surface area (Å²) >= 11 is 0. The van der Waals surface area contributed by atoms with E-state index in [4.69, 9.17) is 0 Å². The van der Waals surface area contributed by atoms with Gasteiger partial charge in [-0.1, -0.05) is 30.3 Å². The van der Waals surface area contributed by atoms with Crippen molar-refractivity contribution >= 4 is 21.6 Å². The molecule has 0 amide bonds. The molecule has 0 aliphatic heterocycles. The molecule has 0 aliphatic rings. The van der Waals surface area contributed by atoms with Crippen LogP contribution in [0.4, 0.5) is 11.4 Å². The molecule has 2 aromatic rings. The van der Waals surface area contributed by atoms with Gasteiger partial charge in [0.15, 0.2) is 0 Å². The number of hydrogen-bond donors (Lipinski definition) is 1. The van der Waals surface area contributed by atoms with Gasteiger partial charge in [0.05, 0.1) is 0 Å². The highest BCUT2D eigenvalue weighted by molar-refractivity contribution is 7.90. The van der Waals surface area contributed by atoms with E-state index in [0.29, 0.717) is 5.69 Å². The van der Waals surface area contributed by atoms with Crippen molar-refractivity contribution < 1.29 is 8.42 Å². The number of nitrogens with one attached hydrogen (secondary N) is 1. The molecule has 0 aliphatic carbocycles. The highest BCUT2D eigenvalue weighted by Crippen LogP contribution is 2.20. The lowest BCUT2D eigenvalue weighted by molar-refractivity contribution is 0.527. The first-order valence-electron chi connectivity index (χ1n) is 7.51. The van der Waals surface area contributed by atoms with Crippen molar-refractivity contribution in [2.24, 2.45) is 0 Å². The maximum atomic E-state index is 11.8. The van der Waals surface area contributed by atoms with Crippen molar-refractivity contribution in [3.05, 3.63) is 60.2 Å². The lowest BCUT2D eigenvalue weighted by Crippen LogP contribution is -2.29. The van der Waals surface area contributed by atoms with Crippen LogP contribution in [0.5, 0.6) is 0 Å². The van der Waals surface area contributed by atoms with Crippen LogP contribution in [-0.4, -0.2) is 33.4 Å². The van der Waals surface area contributed by atoms with Crippen molar-refractivity contribution in [3.8, 4) is 0 Å². The Bertz CT molecular complexity index is 713. The predicted molar refractivity (Wildman–Crippen MR) is 95.8 cm³/mol. The van der Waals surface area contributed by atoms with Crippen LogP contribution in [0, 0.1) is 0 Å². The van der Waals surface area contributed by atoms with E-state index in [0.717, 1.165) is 23.1 Å². The van der Waals surface area contributed by atoms with Crippen LogP contribution in [0.25, 0.3) is 0 Å². The van der Waals surface area contributed by atoms with Gasteiger partial charge in [0.1, 0.15) is 0 Å². The molecule has 0 spiro atoms. The van der Waals surface area contributed by atoms with E-state index in [2.05, 4.69) is 28.7 Å². The maximum absolute atomic E-state index is 11.8. The third-order valence-corrected chi connectivity index (χ3v) is 5.01. The minimum absolute atomic E-state index is 0.554. The van der Waals surface area contributed by atoms with Crippen LogP contribution in [0.1, 0.15) is 12.5 Å². The molecule has 0 saturated heterocycles. The molecule has 0 saturated carbocycles. The normalized spacial score (nSPS) is 11.5. The molecule has 2 rings (SSSR count). The second-order valence-corrected chi connectivity index (χ2v) is 7.32. The zero-order valence-corrected chi connectivity index (χ0v) is 14.5. The van der Waals surface area contributed by atoms with Crippen LogP contribution in [-0.2, 0) is 16.8 Å². The summed E-state index contributed by atoms with van der Waals surface area (Å²) in [6.45, 7) is 3.80. The zero-order valence-electron chi connectivity index (χ0n) is 13.7. The van der Waals surface area contributed by atoms with Gasteiger partial charge in [-0.15, -0.1) is 0 Å². The number of benzene rings is 2. The highest BCUT2D eigenvalue weighted by atomic mass is 32.2. The van der Waals surface area contributed by atoms with Gasteiger partial charge in [0.25, 0.3) is 0 Å². The smallest absolute Gasteiger partial charge is 0.301 e. The molecule has 0 unspecified atom stereocenters. The standard InChI is InChI=1S/C17H23N3O2S/c1-4-20(14-15-8-6-5-7-9-15)17-12-10-16(11-13-17)18-23(21,22)19(2)3/h5-13,18H,4,14H2,1-3H3. The Hall–Kier alpha value is -2.05. The minimum atomic E-state index is -3.47. The number of nitrogens with zero attached hydrogens (tertiary/aromatic N) is 2. The largest absolute Gasteiger partial charge is 0.367 e. The van der Waals surface area contributed by atoms with Crippen molar-refractivity contribution in [1.82, 2.24) is 4.31 Å². The summed E-state index contributed by atoms with van der Waals surface area (Å²) in [5.41, 5.74) is 2.86. The van der Waals surface area contributed by atoms with Gasteiger partial charge in [0.2, 0.25) is 0 Å². The van der Waals surface area contributed by atoms with E-state index < -0.39 is 10.2 Å². The number of hydrogen-bond acceptors (Lipinski definition) is 3. The molecule has 124 valence electrons. The summed E-state index contributed by atoms with van der Waals surface area (Å²) in [4.78, 5) is 2.24. The molecule has 1 N–H and O–H groups in total. The number of anilines is 2. The molecule has 0 atom stereocenters. The Morgan fingerprint density at radius 2 is 1.57 bits per heavy atom. The van der Waals surface area contributed by atoms with E-state index in [1.165, 1.54) is 19.7 Å². The zero-order chi connectivity index (χ0) is 16.9. The van der Waals surface area contributed by atoms with Gasteiger partial charge in [-0.05, 0) is 36.8 Å². The van der Waals surface area contributed by atoms with Crippen molar-refractivity contribution in [2.45, 2.75) is 13.5 Å². The summed E-state index contributed by atoms with van der Waals surface area (Å²) in [7, 11) is -0.478. The number of rotatable bonds is 7. The molecule has 0 radical (unpaired) electrons. The van der Waals surface area contributed by atoms with Crippen LogP contribution in [0.15, 0.2) is 54.6 Å². The first-order chi connectivity index (χ1) is 10.9. The first kappa shape index (κ1) is 17.3. The van der Waals surface area contributed by atoms with Gasteiger partial charge in [0, 0.05) is 38.6 Å². The summed E-state index contributed by atoms with van der Waals surface area (Å²) in [6.07, 6.45) is 0. The summed E-state index contributed by atoms with van der Waals surface area (Å²) < 4.78 is 27.3. The Labute approximate surface area is 138 Å². The van der Waals surface area contributed by atoms with Crippen molar-refractivity contribution in [1.29, 1.82) is 0 Å². The average molecular weight is 333 g/mol. The van der Waals surface area contributed by atoms with Gasteiger partial charge < -0.3 is 4.90 Å². The Morgan fingerprint density at radius 3 is 2.09 bits per heavy atom. The molecule has 6 heteroatoms. The quantitative estimate of drug-likeness (QED) is 0.847. The second-order valence-electron chi connectivity index (χ2n) is 5.44. The van der Waals surface area contributed by atoms with Crippen LogP contribution in [0.2, 0.25) is 0 Å². The van der Waals surface area contributed by atoms with Gasteiger partial charge >= 0.3 is 10.2 Å². The second kappa shape index (κ2) is 7.48. The van der Waals surface area contributed by atoms with Crippen molar-refractivity contribution in [3.63, 3.8) is 0 Å². The summed E-state index contributed by atoms with van der Waals surface area (Å²) in [6, 6.07) is 17.7. The Balaban J connectivity index is 2.11. The highest BCUT2D eigenvalue weighted by Gasteiger charge is 2.13. The third kappa shape index (κ3) is 4.71. The molecule has 0 fully saturated rings. The fraction of sp³-hybridized carbons (Fsp3) is 0.294. The first-order valence-corrected chi connectivity index (χ1v) is 8.95. The molecule has 5 nitrogen and oxygen atoms in total. The minimum Gasteiger partial charge on any atom is -0.367 e. The maximum Gasteiger partial charge on any atom is 0.301 e. The van der Waals surface area contributed by atoms with E-state index in [1.54, 1.807) is 12.1 Å². The molecule has 0 bridgehead atoms. The van der Waals surface area contributed by atoms with Gasteiger partial charge in [-0.3, -0.25) is 4.72 Å². The molecule has 23 heavy (non-hydrogen) atoms. The van der Waals surface area contributed by atoms with E-state index in [1.807, 2.05) is 30.3 Å². The average Bonchev–Trinajstić information content (AvgIpc) is 2.54. The molecular formula is C17H23N3O2S. The molecule has 0 aromatic heterocycles. The molecular weight excluding hydrogens is 310 g/mol. The molecule has 0 heterocycles. The van der Waals surface area contributed by atoms with E-state index in [9.17, 15) is 8.42 Å². The lowest BCUT2D eigenvalue weighted by atomic mass is 10.2. The Kier molecular flexibility index (Phi) is 5.63. The SMILES string of the molecule is CCN(Cc1ccccc1)c1ccc(NS(=O)(=O)N(C)C)cc1. The monoisotopic (exact) mass is 333 g/mol. The lowest BCUT2D eigenvalue weighted by Gasteiger charge is -2.23. The topological polar surface area (TPSA) is 52.7 Å². The van der Waals surface area contributed by atoms with Gasteiger partial charge in [-0.25, -0.2) is 0 Å². The summed E-state index contributed by atoms with van der Waals surface area (Å²) in [5.74, 6) is 0. The predicted octanol–water partition coefficient (Wildman–Crippen LogP) is 2.93. The fourth-order valence-electron chi connectivity index (χ4n) is 2.17. The van der Waals surface area contributed by atoms with Crippen LogP contribution < -0.4 is 9.62 Å². The van der Waals surface area contributed by atoms with E-state index >= 15 is 0 Å². The van der Waals surface area contributed by atoms with Gasteiger partial charge in [-0.2, -0.15) is 12.7 Å². The van der Waals surface area contributed by atoms with E-state index in [-0.39, 0.29) is 0 Å². The fourth-order valence-corrected chi connectivity index (χ4v) is 2.79. The third-order valence-electron chi connectivity index (χ3n) is 3.56.